The van der Waals surface area contributed by atoms with Crippen molar-refractivity contribution in [1.29, 1.82) is 5.26 Å². The van der Waals surface area contributed by atoms with Crippen LogP contribution in [0, 0.1) is 11.3 Å². The van der Waals surface area contributed by atoms with Crippen molar-refractivity contribution >= 4 is 11.6 Å². The standard InChI is InChI=1S/C21H22N4O3/c1-14-11-15-7-4-5-8-17(15)25(14)19(26)13-24-20(27)16(12-22)18-9-3-2-6-10-23(18)21(24)28/h4-5,7-8,14H,2-3,6,9-11,13H2,1H3/t14-/m1/s1. The van der Waals surface area contributed by atoms with Crippen LogP contribution < -0.4 is 16.1 Å². The first-order valence-corrected chi connectivity index (χ1v) is 9.69. The second-order valence-electron chi connectivity index (χ2n) is 7.52. The van der Waals surface area contributed by atoms with Crippen LogP contribution in [-0.4, -0.2) is 21.1 Å². The van der Waals surface area contributed by atoms with Gasteiger partial charge in [-0.2, -0.15) is 5.26 Å². The van der Waals surface area contributed by atoms with E-state index >= 15 is 0 Å². The van der Waals surface area contributed by atoms with Gasteiger partial charge in [-0.05, 0) is 44.2 Å². The number of hydrogen-bond donors (Lipinski definition) is 0. The molecule has 0 aliphatic carbocycles. The summed E-state index contributed by atoms with van der Waals surface area (Å²) in [7, 11) is 0. The molecule has 1 atom stereocenters. The van der Waals surface area contributed by atoms with E-state index in [-0.39, 0.29) is 24.1 Å². The molecule has 2 aliphatic rings. The number of para-hydroxylation sites is 1. The monoisotopic (exact) mass is 378 g/mol. The fourth-order valence-corrected chi connectivity index (χ4v) is 4.38. The zero-order chi connectivity index (χ0) is 19.8. The van der Waals surface area contributed by atoms with E-state index in [1.165, 1.54) is 4.57 Å². The molecule has 2 aromatic rings. The van der Waals surface area contributed by atoms with Gasteiger partial charge in [-0.15, -0.1) is 0 Å². The van der Waals surface area contributed by atoms with Crippen LogP contribution in [-0.2, 0) is 30.7 Å². The Bertz CT molecular complexity index is 1110. The Balaban J connectivity index is 1.76. The van der Waals surface area contributed by atoms with Crippen LogP contribution in [0.3, 0.4) is 0 Å². The minimum Gasteiger partial charge on any atom is -0.307 e. The van der Waals surface area contributed by atoms with Gasteiger partial charge in [0.25, 0.3) is 5.56 Å². The molecule has 1 aromatic heterocycles. The van der Waals surface area contributed by atoms with E-state index in [1.807, 2.05) is 37.3 Å². The van der Waals surface area contributed by atoms with Crippen molar-refractivity contribution in [2.24, 2.45) is 0 Å². The highest BCUT2D eigenvalue weighted by molar-refractivity contribution is 5.96. The average molecular weight is 378 g/mol. The highest BCUT2D eigenvalue weighted by Gasteiger charge is 2.31. The predicted molar refractivity (Wildman–Crippen MR) is 104 cm³/mol. The molecule has 4 rings (SSSR count). The summed E-state index contributed by atoms with van der Waals surface area (Å²) >= 11 is 0. The van der Waals surface area contributed by atoms with Gasteiger partial charge in [0, 0.05) is 24.0 Å². The van der Waals surface area contributed by atoms with Crippen molar-refractivity contribution in [1.82, 2.24) is 9.13 Å². The number of nitrogens with zero attached hydrogens (tertiary/aromatic N) is 4. The lowest BCUT2D eigenvalue weighted by Crippen LogP contribution is -2.47. The molecule has 1 amide bonds. The lowest BCUT2D eigenvalue weighted by atomic mass is 10.1. The van der Waals surface area contributed by atoms with Crippen molar-refractivity contribution in [2.75, 3.05) is 4.90 Å². The highest BCUT2D eigenvalue weighted by atomic mass is 16.2. The summed E-state index contributed by atoms with van der Waals surface area (Å²) < 4.78 is 2.45. The van der Waals surface area contributed by atoms with Gasteiger partial charge in [0.2, 0.25) is 5.91 Å². The molecule has 0 bridgehead atoms. The molecule has 7 nitrogen and oxygen atoms in total. The first-order valence-electron chi connectivity index (χ1n) is 9.69. The zero-order valence-electron chi connectivity index (χ0n) is 15.9. The van der Waals surface area contributed by atoms with E-state index in [9.17, 15) is 19.6 Å². The van der Waals surface area contributed by atoms with E-state index in [1.54, 1.807) is 4.90 Å². The Morgan fingerprint density at radius 1 is 1.21 bits per heavy atom. The molecule has 2 aliphatic heterocycles. The van der Waals surface area contributed by atoms with Crippen LogP contribution >= 0.6 is 0 Å². The number of nitriles is 1. The molecule has 3 heterocycles. The molecular formula is C21H22N4O3. The zero-order valence-corrected chi connectivity index (χ0v) is 15.9. The lowest BCUT2D eigenvalue weighted by Gasteiger charge is -2.23. The number of carbonyl (C=O) groups excluding carboxylic acids is 1. The molecule has 0 saturated carbocycles. The third-order valence-corrected chi connectivity index (χ3v) is 5.71. The number of hydrogen-bond acceptors (Lipinski definition) is 4. The van der Waals surface area contributed by atoms with Gasteiger partial charge >= 0.3 is 5.69 Å². The maximum Gasteiger partial charge on any atom is 0.331 e. The topological polar surface area (TPSA) is 88.1 Å². The summed E-state index contributed by atoms with van der Waals surface area (Å²) in [4.78, 5) is 40.5. The van der Waals surface area contributed by atoms with Gasteiger partial charge in [-0.3, -0.25) is 14.2 Å². The minimum absolute atomic E-state index is 0.0100. The number of aromatic nitrogens is 2. The molecule has 0 spiro atoms. The molecule has 0 saturated heterocycles. The molecule has 28 heavy (non-hydrogen) atoms. The van der Waals surface area contributed by atoms with E-state index in [0.29, 0.717) is 18.7 Å². The number of amides is 1. The normalized spacial score (nSPS) is 18.1. The average Bonchev–Trinajstić information content (AvgIpc) is 2.85. The van der Waals surface area contributed by atoms with Crippen molar-refractivity contribution in [3.63, 3.8) is 0 Å². The Morgan fingerprint density at radius 2 is 2.00 bits per heavy atom. The number of carbonyl (C=O) groups is 1. The van der Waals surface area contributed by atoms with Crippen LogP contribution in [0.4, 0.5) is 5.69 Å². The number of anilines is 1. The first kappa shape index (κ1) is 18.2. The van der Waals surface area contributed by atoms with Crippen molar-refractivity contribution < 1.29 is 4.79 Å². The smallest absolute Gasteiger partial charge is 0.307 e. The van der Waals surface area contributed by atoms with Crippen molar-refractivity contribution in [2.45, 2.75) is 58.2 Å². The van der Waals surface area contributed by atoms with Crippen molar-refractivity contribution in [3.05, 3.63) is 61.9 Å². The fraction of sp³-hybridized carbons (Fsp3) is 0.429. The molecule has 0 radical (unpaired) electrons. The fourth-order valence-electron chi connectivity index (χ4n) is 4.38. The lowest BCUT2D eigenvalue weighted by molar-refractivity contribution is -0.119. The highest BCUT2D eigenvalue weighted by Crippen LogP contribution is 2.31. The van der Waals surface area contributed by atoms with Crippen LogP contribution in [0.25, 0.3) is 0 Å². The van der Waals surface area contributed by atoms with Gasteiger partial charge in [0.1, 0.15) is 18.2 Å². The van der Waals surface area contributed by atoms with Gasteiger partial charge in [-0.1, -0.05) is 24.6 Å². The molecule has 1 aromatic carbocycles. The summed E-state index contributed by atoms with van der Waals surface area (Å²) in [5.41, 5.74) is 1.25. The maximum absolute atomic E-state index is 13.1. The number of fused-ring (bicyclic) bond motifs is 2. The molecule has 0 unspecified atom stereocenters. The third-order valence-electron chi connectivity index (χ3n) is 5.71. The Labute approximate surface area is 162 Å². The Hall–Kier alpha value is -3.14. The molecular weight excluding hydrogens is 356 g/mol. The summed E-state index contributed by atoms with van der Waals surface area (Å²) in [6.07, 6.45) is 3.89. The van der Waals surface area contributed by atoms with Crippen molar-refractivity contribution in [3.8, 4) is 6.07 Å². The van der Waals surface area contributed by atoms with Crippen LogP contribution in [0.2, 0.25) is 0 Å². The third kappa shape index (κ3) is 2.85. The van der Waals surface area contributed by atoms with Crippen LogP contribution in [0.5, 0.6) is 0 Å². The Kier molecular flexibility index (Phi) is 4.63. The van der Waals surface area contributed by atoms with Gasteiger partial charge in [-0.25, -0.2) is 9.36 Å². The second kappa shape index (κ2) is 7.12. The van der Waals surface area contributed by atoms with Gasteiger partial charge in [0.15, 0.2) is 0 Å². The van der Waals surface area contributed by atoms with Crippen LogP contribution in [0.1, 0.15) is 43.0 Å². The minimum atomic E-state index is -0.658. The summed E-state index contributed by atoms with van der Waals surface area (Å²) in [6, 6.07) is 9.59. The molecule has 7 heteroatoms. The largest absolute Gasteiger partial charge is 0.331 e. The number of benzene rings is 1. The summed E-state index contributed by atoms with van der Waals surface area (Å²) in [6.45, 7) is 2.07. The van der Waals surface area contributed by atoms with E-state index in [2.05, 4.69) is 0 Å². The molecule has 0 fully saturated rings. The van der Waals surface area contributed by atoms with Crippen LogP contribution in [0.15, 0.2) is 33.9 Å². The number of rotatable bonds is 2. The maximum atomic E-state index is 13.1. The SMILES string of the molecule is C[C@@H]1Cc2ccccc2N1C(=O)Cn1c(=O)c(C#N)c2n(c1=O)CCCCC2. The van der Waals surface area contributed by atoms with Gasteiger partial charge in [0.05, 0.1) is 0 Å². The molecule has 144 valence electrons. The summed E-state index contributed by atoms with van der Waals surface area (Å²) in [5, 5.41) is 9.53. The predicted octanol–water partition coefficient (Wildman–Crippen LogP) is 1.59. The van der Waals surface area contributed by atoms with Gasteiger partial charge < -0.3 is 4.90 Å². The van der Waals surface area contributed by atoms with E-state index in [0.717, 1.165) is 41.5 Å². The second-order valence-corrected chi connectivity index (χ2v) is 7.52. The van der Waals surface area contributed by atoms with E-state index in [4.69, 9.17) is 0 Å². The first-order chi connectivity index (χ1) is 13.5. The summed E-state index contributed by atoms with van der Waals surface area (Å²) in [5.74, 6) is -0.310. The Morgan fingerprint density at radius 3 is 2.79 bits per heavy atom. The quantitative estimate of drug-likeness (QED) is 0.794. The van der Waals surface area contributed by atoms with E-state index < -0.39 is 11.2 Å². The molecule has 0 N–H and O–H groups in total.